The molecule has 6 heteroatoms. The third-order valence-electron chi connectivity index (χ3n) is 7.66. The average molecular weight is 543 g/mol. The molecule has 4 nitrogen and oxygen atoms in total. The Balaban J connectivity index is 1.34. The van der Waals surface area contributed by atoms with Gasteiger partial charge in [0.2, 0.25) is 0 Å². The van der Waals surface area contributed by atoms with Crippen LogP contribution in [0.3, 0.4) is 0 Å². The first-order valence-electron chi connectivity index (χ1n) is 12.9. The number of aliphatic carboxylic acids is 1. The van der Waals surface area contributed by atoms with Gasteiger partial charge in [0.25, 0.3) is 0 Å². The summed E-state index contributed by atoms with van der Waals surface area (Å²) in [6.07, 6.45) is 1.84. The van der Waals surface area contributed by atoms with E-state index in [0.717, 1.165) is 65.9 Å². The number of hydrogen-bond donors (Lipinski definition) is 2. The number of halogens is 2. The van der Waals surface area contributed by atoms with Gasteiger partial charge in [0.15, 0.2) is 0 Å². The van der Waals surface area contributed by atoms with Crippen LogP contribution < -0.4 is 5.32 Å². The van der Waals surface area contributed by atoms with E-state index in [0.29, 0.717) is 16.6 Å². The molecule has 6 rings (SSSR count). The summed E-state index contributed by atoms with van der Waals surface area (Å²) < 4.78 is 0. The third kappa shape index (κ3) is 4.85. The molecule has 0 saturated heterocycles. The summed E-state index contributed by atoms with van der Waals surface area (Å²) in [6, 6.07) is 25.2. The monoisotopic (exact) mass is 542 g/mol. The van der Waals surface area contributed by atoms with Crippen molar-refractivity contribution in [2.45, 2.75) is 25.9 Å². The van der Waals surface area contributed by atoms with Gasteiger partial charge < -0.3 is 10.4 Å². The van der Waals surface area contributed by atoms with Crippen LogP contribution in [0.5, 0.6) is 0 Å². The van der Waals surface area contributed by atoms with Crippen LogP contribution in [-0.2, 0) is 30.7 Å². The lowest BCUT2D eigenvalue weighted by Crippen LogP contribution is -2.34. The first-order chi connectivity index (χ1) is 18.5. The van der Waals surface area contributed by atoms with Gasteiger partial charge in [-0.3, -0.25) is 9.69 Å². The Morgan fingerprint density at radius 1 is 0.763 bits per heavy atom. The number of benzene rings is 4. The van der Waals surface area contributed by atoms with E-state index in [9.17, 15) is 4.79 Å². The molecule has 0 fully saturated rings. The molecule has 0 aliphatic carbocycles. The SMILES string of the molecule is O=C(O)CN1CCc2cc(-c3cccc(-c4cccc(-c5ccc6c(c5)CCNC6)c4Cl)c3Cl)ccc2C1. The molecule has 2 N–H and O–H groups in total. The Morgan fingerprint density at radius 2 is 1.34 bits per heavy atom. The topological polar surface area (TPSA) is 52.6 Å². The molecule has 4 aromatic carbocycles. The first kappa shape index (κ1) is 25.1. The molecule has 0 aromatic heterocycles. The van der Waals surface area contributed by atoms with Crippen LogP contribution in [0, 0.1) is 0 Å². The summed E-state index contributed by atoms with van der Waals surface area (Å²) in [5, 5.41) is 13.9. The van der Waals surface area contributed by atoms with E-state index in [1.165, 1.54) is 22.3 Å². The van der Waals surface area contributed by atoms with Crippen molar-refractivity contribution in [3.8, 4) is 33.4 Å². The minimum atomic E-state index is -0.791. The Kier molecular flexibility index (Phi) is 6.98. The Hall–Kier alpha value is -3.15. The van der Waals surface area contributed by atoms with Gasteiger partial charge in [-0.1, -0.05) is 96.0 Å². The third-order valence-corrected chi connectivity index (χ3v) is 8.47. The fourth-order valence-corrected chi connectivity index (χ4v) is 6.35. The van der Waals surface area contributed by atoms with E-state index in [4.69, 9.17) is 28.3 Å². The van der Waals surface area contributed by atoms with Crippen LogP contribution in [0.2, 0.25) is 10.0 Å². The zero-order valence-electron chi connectivity index (χ0n) is 20.9. The van der Waals surface area contributed by atoms with Gasteiger partial charge in [-0.15, -0.1) is 0 Å². The number of rotatable bonds is 5. The van der Waals surface area contributed by atoms with Crippen LogP contribution in [0.15, 0.2) is 72.8 Å². The largest absolute Gasteiger partial charge is 0.480 e. The molecular formula is C32H28Cl2N2O2. The summed E-state index contributed by atoms with van der Waals surface area (Å²) in [5.41, 5.74) is 11.1. The number of hydrogen-bond acceptors (Lipinski definition) is 3. The van der Waals surface area contributed by atoms with Crippen molar-refractivity contribution in [2.75, 3.05) is 19.6 Å². The molecule has 2 aliphatic heterocycles. The second kappa shape index (κ2) is 10.5. The summed E-state index contributed by atoms with van der Waals surface area (Å²) in [5.74, 6) is -0.791. The molecule has 0 bridgehead atoms. The van der Waals surface area contributed by atoms with E-state index < -0.39 is 5.97 Å². The molecule has 38 heavy (non-hydrogen) atoms. The summed E-state index contributed by atoms with van der Waals surface area (Å²) in [4.78, 5) is 13.1. The lowest BCUT2D eigenvalue weighted by Gasteiger charge is -2.27. The smallest absolute Gasteiger partial charge is 0.317 e. The lowest BCUT2D eigenvalue weighted by molar-refractivity contribution is -0.138. The maximum absolute atomic E-state index is 11.1. The molecule has 2 heterocycles. The molecule has 0 radical (unpaired) electrons. The fraction of sp³-hybridized carbons (Fsp3) is 0.219. The van der Waals surface area contributed by atoms with E-state index in [1.807, 2.05) is 35.2 Å². The minimum absolute atomic E-state index is 0.0670. The number of nitrogens with one attached hydrogen (secondary N) is 1. The maximum atomic E-state index is 11.1. The second-order valence-electron chi connectivity index (χ2n) is 10.1. The average Bonchev–Trinajstić information content (AvgIpc) is 2.93. The van der Waals surface area contributed by atoms with Crippen LogP contribution in [0.1, 0.15) is 22.3 Å². The Labute approximate surface area is 232 Å². The van der Waals surface area contributed by atoms with Gasteiger partial charge in [-0.2, -0.15) is 0 Å². The lowest BCUT2D eigenvalue weighted by atomic mass is 9.91. The standard InChI is InChI=1S/C32H28Cl2N2O2/c33-31-26(22-7-9-24-17-35-13-11-20(24)15-22)3-1-5-28(31)29-6-2-4-27(32(29)34)23-8-10-25-18-36(19-30(37)38)14-12-21(25)16-23/h1-10,15-16,35H,11-14,17-19H2,(H,37,38). The van der Waals surface area contributed by atoms with Crippen molar-refractivity contribution in [3.05, 3.63) is 105 Å². The fourth-order valence-electron chi connectivity index (χ4n) is 5.68. The van der Waals surface area contributed by atoms with Gasteiger partial charge in [-0.25, -0.2) is 0 Å². The highest BCUT2D eigenvalue weighted by Crippen LogP contribution is 2.43. The quantitative estimate of drug-likeness (QED) is 0.283. The van der Waals surface area contributed by atoms with Gasteiger partial charge in [0.1, 0.15) is 0 Å². The van der Waals surface area contributed by atoms with Gasteiger partial charge in [0, 0.05) is 41.9 Å². The van der Waals surface area contributed by atoms with E-state index in [1.54, 1.807) is 0 Å². The summed E-state index contributed by atoms with van der Waals surface area (Å²) in [7, 11) is 0. The summed E-state index contributed by atoms with van der Waals surface area (Å²) in [6.45, 7) is 3.36. The number of nitrogens with zero attached hydrogens (tertiary/aromatic N) is 1. The zero-order chi connectivity index (χ0) is 26.2. The molecular weight excluding hydrogens is 515 g/mol. The summed E-state index contributed by atoms with van der Waals surface area (Å²) >= 11 is 14.1. The van der Waals surface area contributed by atoms with Crippen LogP contribution >= 0.6 is 23.2 Å². The molecule has 0 unspecified atom stereocenters. The molecule has 4 aromatic rings. The number of carbonyl (C=O) groups is 1. The molecule has 0 amide bonds. The van der Waals surface area contributed by atoms with Crippen molar-refractivity contribution < 1.29 is 9.90 Å². The van der Waals surface area contributed by atoms with Gasteiger partial charge >= 0.3 is 5.97 Å². The first-order valence-corrected chi connectivity index (χ1v) is 13.7. The highest BCUT2D eigenvalue weighted by atomic mass is 35.5. The van der Waals surface area contributed by atoms with Crippen molar-refractivity contribution in [3.63, 3.8) is 0 Å². The minimum Gasteiger partial charge on any atom is -0.480 e. The highest BCUT2D eigenvalue weighted by Gasteiger charge is 2.20. The van der Waals surface area contributed by atoms with Crippen LogP contribution in [0.4, 0.5) is 0 Å². The van der Waals surface area contributed by atoms with Gasteiger partial charge in [-0.05, 0) is 52.8 Å². The second-order valence-corrected chi connectivity index (χ2v) is 10.8. The van der Waals surface area contributed by atoms with Gasteiger partial charge in [0.05, 0.1) is 16.6 Å². The molecule has 2 aliphatic rings. The van der Waals surface area contributed by atoms with E-state index >= 15 is 0 Å². The van der Waals surface area contributed by atoms with Crippen LogP contribution in [-0.4, -0.2) is 35.6 Å². The molecule has 192 valence electrons. The highest BCUT2D eigenvalue weighted by molar-refractivity contribution is 6.39. The van der Waals surface area contributed by atoms with E-state index in [-0.39, 0.29) is 6.54 Å². The predicted molar refractivity (Wildman–Crippen MR) is 155 cm³/mol. The normalized spacial score (nSPS) is 15.1. The molecule has 0 spiro atoms. The molecule has 0 atom stereocenters. The Morgan fingerprint density at radius 3 is 1.97 bits per heavy atom. The maximum Gasteiger partial charge on any atom is 0.317 e. The van der Waals surface area contributed by atoms with Crippen molar-refractivity contribution in [1.29, 1.82) is 0 Å². The van der Waals surface area contributed by atoms with E-state index in [2.05, 4.69) is 47.8 Å². The predicted octanol–water partition coefficient (Wildman–Crippen LogP) is 7.08. The number of fused-ring (bicyclic) bond motifs is 2. The number of carboxylic acid groups (broad SMARTS) is 1. The van der Waals surface area contributed by atoms with Crippen molar-refractivity contribution in [1.82, 2.24) is 10.2 Å². The zero-order valence-corrected chi connectivity index (χ0v) is 22.4. The Bertz CT molecular complexity index is 1550. The van der Waals surface area contributed by atoms with Crippen molar-refractivity contribution >= 4 is 29.2 Å². The molecule has 0 saturated carbocycles. The number of carboxylic acids is 1. The van der Waals surface area contributed by atoms with Crippen LogP contribution in [0.25, 0.3) is 33.4 Å². The van der Waals surface area contributed by atoms with Crippen molar-refractivity contribution in [2.24, 2.45) is 0 Å².